The first-order valence-electron chi connectivity index (χ1n) is 8.69. The molecule has 1 fully saturated rings. The first-order valence-corrected chi connectivity index (χ1v) is 8.69. The van der Waals surface area contributed by atoms with Crippen molar-refractivity contribution < 1.29 is 24.2 Å². The Kier molecular flexibility index (Phi) is 5.41. The number of benzene rings is 1. The number of ether oxygens (including phenoxy) is 2. The summed E-state index contributed by atoms with van der Waals surface area (Å²) in [5, 5.41) is 12.3. The summed E-state index contributed by atoms with van der Waals surface area (Å²) in [6.07, 6.45) is 3.58. The summed E-state index contributed by atoms with van der Waals surface area (Å²) >= 11 is 0. The van der Waals surface area contributed by atoms with E-state index in [2.05, 4.69) is 10.3 Å². The van der Waals surface area contributed by atoms with E-state index in [0.29, 0.717) is 18.8 Å². The maximum Gasteiger partial charge on any atom is 0.329 e. The largest absolute Gasteiger partial charge is 0.497 e. The van der Waals surface area contributed by atoms with E-state index in [1.165, 1.54) is 6.20 Å². The van der Waals surface area contributed by atoms with Crippen molar-refractivity contribution in [3.05, 3.63) is 47.8 Å². The second-order valence-corrected chi connectivity index (χ2v) is 6.60. The average Bonchev–Trinajstić information content (AvgIpc) is 2.68. The number of nitrogens with one attached hydrogen (secondary N) is 1. The topological polar surface area (TPSA) is 97.8 Å². The van der Waals surface area contributed by atoms with E-state index < -0.39 is 17.4 Å². The van der Waals surface area contributed by atoms with Crippen molar-refractivity contribution in [3.8, 4) is 16.9 Å². The Labute approximate surface area is 157 Å². The zero-order chi connectivity index (χ0) is 19.4. The molecule has 7 heteroatoms. The molecule has 142 valence electrons. The van der Waals surface area contributed by atoms with E-state index in [1.807, 2.05) is 25.1 Å². The molecule has 1 saturated heterocycles. The van der Waals surface area contributed by atoms with Crippen LogP contribution in [0.3, 0.4) is 0 Å². The van der Waals surface area contributed by atoms with Crippen LogP contribution in [-0.4, -0.2) is 47.8 Å². The molecule has 1 aliphatic rings. The van der Waals surface area contributed by atoms with Crippen LogP contribution in [0.15, 0.2) is 36.7 Å². The first kappa shape index (κ1) is 18.8. The van der Waals surface area contributed by atoms with Crippen LogP contribution in [0, 0.1) is 6.92 Å². The highest BCUT2D eigenvalue weighted by Gasteiger charge is 2.41. The fraction of sp³-hybridized carbons (Fsp3) is 0.350. The number of methoxy groups -OCH3 is 1. The van der Waals surface area contributed by atoms with Crippen molar-refractivity contribution in [1.82, 2.24) is 10.3 Å². The molecule has 0 unspecified atom stereocenters. The molecule has 1 aliphatic heterocycles. The van der Waals surface area contributed by atoms with Crippen molar-refractivity contribution in [2.24, 2.45) is 0 Å². The van der Waals surface area contributed by atoms with E-state index >= 15 is 0 Å². The summed E-state index contributed by atoms with van der Waals surface area (Å²) in [6.45, 7) is 2.55. The second kappa shape index (κ2) is 7.75. The molecule has 27 heavy (non-hydrogen) atoms. The molecular formula is C20H22N2O5. The van der Waals surface area contributed by atoms with Crippen LogP contribution in [0.25, 0.3) is 11.1 Å². The number of carboxylic acids is 1. The van der Waals surface area contributed by atoms with Crippen molar-refractivity contribution in [3.63, 3.8) is 0 Å². The molecular weight excluding hydrogens is 348 g/mol. The monoisotopic (exact) mass is 370 g/mol. The lowest BCUT2D eigenvalue weighted by Gasteiger charge is -2.33. The van der Waals surface area contributed by atoms with E-state index in [-0.39, 0.29) is 12.8 Å². The normalized spacial score (nSPS) is 15.8. The number of hydrogen-bond donors (Lipinski definition) is 2. The van der Waals surface area contributed by atoms with Gasteiger partial charge in [0.2, 0.25) is 0 Å². The van der Waals surface area contributed by atoms with Crippen LogP contribution in [0.4, 0.5) is 0 Å². The predicted molar refractivity (Wildman–Crippen MR) is 98.8 cm³/mol. The molecule has 0 radical (unpaired) electrons. The number of hydrogen-bond acceptors (Lipinski definition) is 5. The molecule has 0 saturated carbocycles. The maximum absolute atomic E-state index is 12.7. The molecule has 3 rings (SSSR count). The minimum atomic E-state index is -1.30. The van der Waals surface area contributed by atoms with Crippen LogP contribution in [0.2, 0.25) is 0 Å². The standard InChI is InChI=1S/C20H22N2O5/c1-13-9-16(26-2)3-4-17(13)14-10-15(12-21-11-14)18(23)22-20(19(24)25)5-7-27-8-6-20/h3-4,9-12H,5-8H2,1-2H3,(H,22,23)(H,24,25). The number of amides is 1. The fourth-order valence-electron chi connectivity index (χ4n) is 3.20. The molecule has 2 N–H and O–H groups in total. The number of aryl methyl sites for hydroxylation is 1. The van der Waals surface area contributed by atoms with Gasteiger partial charge in [-0.2, -0.15) is 0 Å². The Morgan fingerprint density at radius 3 is 2.59 bits per heavy atom. The molecule has 0 atom stereocenters. The van der Waals surface area contributed by atoms with Gasteiger partial charge in [-0.1, -0.05) is 6.07 Å². The summed E-state index contributed by atoms with van der Waals surface area (Å²) in [6, 6.07) is 7.37. The number of carbonyl (C=O) groups is 2. The van der Waals surface area contributed by atoms with E-state index in [0.717, 1.165) is 22.4 Å². The second-order valence-electron chi connectivity index (χ2n) is 6.60. The molecule has 1 amide bonds. The van der Waals surface area contributed by atoms with E-state index in [4.69, 9.17) is 9.47 Å². The van der Waals surface area contributed by atoms with Gasteiger partial charge in [0.15, 0.2) is 0 Å². The summed E-state index contributed by atoms with van der Waals surface area (Å²) in [5.74, 6) is -0.755. The van der Waals surface area contributed by atoms with Crippen LogP contribution in [0.1, 0.15) is 28.8 Å². The van der Waals surface area contributed by atoms with Crippen molar-refractivity contribution in [2.45, 2.75) is 25.3 Å². The minimum Gasteiger partial charge on any atom is -0.497 e. The van der Waals surface area contributed by atoms with Gasteiger partial charge < -0.3 is 19.9 Å². The Morgan fingerprint density at radius 1 is 1.22 bits per heavy atom. The Bertz CT molecular complexity index is 859. The molecule has 0 spiro atoms. The number of pyridine rings is 1. The van der Waals surface area contributed by atoms with Crippen LogP contribution in [0.5, 0.6) is 5.75 Å². The molecule has 7 nitrogen and oxygen atoms in total. The lowest BCUT2D eigenvalue weighted by Crippen LogP contribution is -2.57. The number of carbonyl (C=O) groups excluding carboxylic acids is 1. The van der Waals surface area contributed by atoms with Crippen LogP contribution >= 0.6 is 0 Å². The third-order valence-electron chi connectivity index (χ3n) is 4.85. The van der Waals surface area contributed by atoms with Gasteiger partial charge in [-0.3, -0.25) is 9.78 Å². The fourth-order valence-corrected chi connectivity index (χ4v) is 3.20. The number of carboxylic acid groups (broad SMARTS) is 1. The third-order valence-corrected chi connectivity index (χ3v) is 4.85. The van der Waals surface area contributed by atoms with Crippen molar-refractivity contribution >= 4 is 11.9 Å². The quantitative estimate of drug-likeness (QED) is 0.839. The zero-order valence-corrected chi connectivity index (χ0v) is 15.3. The van der Waals surface area contributed by atoms with Gasteiger partial charge in [-0.05, 0) is 36.2 Å². The Morgan fingerprint density at radius 2 is 1.96 bits per heavy atom. The highest BCUT2D eigenvalue weighted by Crippen LogP contribution is 2.27. The van der Waals surface area contributed by atoms with Crippen molar-refractivity contribution in [2.75, 3.05) is 20.3 Å². The van der Waals surface area contributed by atoms with Gasteiger partial charge >= 0.3 is 5.97 Å². The van der Waals surface area contributed by atoms with Gasteiger partial charge in [0.1, 0.15) is 11.3 Å². The predicted octanol–water partition coefficient (Wildman–Crippen LogP) is 2.43. The lowest BCUT2D eigenvalue weighted by molar-refractivity contribution is -0.148. The average molecular weight is 370 g/mol. The molecule has 1 aromatic carbocycles. The molecule has 2 aromatic rings. The molecule has 0 bridgehead atoms. The van der Waals surface area contributed by atoms with E-state index in [1.54, 1.807) is 19.4 Å². The number of aromatic nitrogens is 1. The van der Waals surface area contributed by atoms with Gasteiger partial charge in [0, 0.05) is 44.0 Å². The lowest BCUT2D eigenvalue weighted by atomic mass is 9.89. The summed E-state index contributed by atoms with van der Waals surface area (Å²) in [4.78, 5) is 28.6. The summed E-state index contributed by atoms with van der Waals surface area (Å²) in [7, 11) is 1.61. The van der Waals surface area contributed by atoms with Gasteiger partial charge in [-0.15, -0.1) is 0 Å². The highest BCUT2D eigenvalue weighted by atomic mass is 16.5. The molecule has 2 heterocycles. The first-order chi connectivity index (χ1) is 12.9. The molecule has 1 aromatic heterocycles. The Hall–Kier alpha value is -2.93. The minimum absolute atomic E-state index is 0.235. The van der Waals surface area contributed by atoms with Crippen LogP contribution < -0.4 is 10.1 Å². The maximum atomic E-state index is 12.7. The highest BCUT2D eigenvalue weighted by molar-refractivity contribution is 5.98. The van der Waals surface area contributed by atoms with Crippen molar-refractivity contribution in [1.29, 1.82) is 0 Å². The number of aliphatic carboxylic acids is 1. The Balaban J connectivity index is 1.86. The number of rotatable bonds is 5. The number of nitrogens with zero attached hydrogens (tertiary/aromatic N) is 1. The zero-order valence-electron chi connectivity index (χ0n) is 15.3. The SMILES string of the molecule is COc1ccc(-c2cncc(C(=O)NC3(C(=O)O)CCOCC3)c2)c(C)c1. The third kappa shape index (κ3) is 3.93. The van der Waals surface area contributed by atoms with E-state index in [9.17, 15) is 14.7 Å². The summed E-state index contributed by atoms with van der Waals surface area (Å²) < 4.78 is 10.5. The summed E-state index contributed by atoms with van der Waals surface area (Å²) in [5.41, 5.74) is 1.70. The van der Waals surface area contributed by atoms with Crippen LogP contribution in [-0.2, 0) is 9.53 Å². The molecule has 0 aliphatic carbocycles. The van der Waals surface area contributed by atoms with Gasteiger partial charge in [-0.25, -0.2) is 4.79 Å². The van der Waals surface area contributed by atoms with Gasteiger partial charge in [0.25, 0.3) is 5.91 Å². The smallest absolute Gasteiger partial charge is 0.329 e. The van der Waals surface area contributed by atoms with Gasteiger partial charge in [0.05, 0.1) is 12.7 Å².